The maximum absolute atomic E-state index is 12.5. The zero-order chi connectivity index (χ0) is 22.7. The molecule has 0 bridgehead atoms. The van der Waals surface area contributed by atoms with Crippen LogP contribution in [0.5, 0.6) is 0 Å². The summed E-state index contributed by atoms with van der Waals surface area (Å²) >= 11 is 0. The fourth-order valence-corrected chi connectivity index (χ4v) is 4.95. The van der Waals surface area contributed by atoms with Gasteiger partial charge in [-0.25, -0.2) is 9.59 Å². The second-order valence-electron chi connectivity index (χ2n) is 10.8. The zero-order valence-electron chi connectivity index (χ0n) is 19.8. The van der Waals surface area contributed by atoms with Crippen molar-refractivity contribution < 1.29 is 28.5 Å². The Hall–Kier alpha value is -1.54. The first-order valence-electron chi connectivity index (χ1n) is 11.7. The number of nitrogens with zero attached hydrogens (tertiary/aromatic N) is 1. The fourth-order valence-electron chi connectivity index (χ4n) is 4.95. The van der Waals surface area contributed by atoms with Crippen molar-refractivity contribution in [3.05, 3.63) is 0 Å². The van der Waals surface area contributed by atoms with Crippen molar-refractivity contribution in [1.82, 2.24) is 10.2 Å². The van der Waals surface area contributed by atoms with Crippen LogP contribution in [0.1, 0.15) is 73.1 Å². The molecule has 178 valence electrons. The number of carbonyl (C=O) groups excluding carboxylic acids is 2. The van der Waals surface area contributed by atoms with Crippen molar-refractivity contribution in [3.63, 3.8) is 0 Å². The van der Waals surface area contributed by atoms with Crippen LogP contribution in [0.15, 0.2) is 0 Å². The minimum absolute atomic E-state index is 0.177. The summed E-state index contributed by atoms with van der Waals surface area (Å²) in [7, 11) is 0. The van der Waals surface area contributed by atoms with Gasteiger partial charge >= 0.3 is 12.2 Å². The van der Waals surface area contributed by atoms with Gasteiger partial charge in [0.25, 0.3) is 0 Å². The van der Waals surface area contributed by atoms with E-state index in [1.807, 2.05) is 34.6 Å². The summed E-state index contributed by atoms with van der Waals surface area (Å²) in [4.78, 5) is 26.4. The molecule has 3 aliphatic rings. The molecule has 3 rings (SSSR count). The molecule has 8 nitrogen and oxygen atoms in total. The Bertz CT molecular complexity index is 628. The maximum atomic E-state index is 12.5. The van der Waals surface area contributed by atoms with Crippen LogP contribution >= 0.6 is 0 Å². The van der Waals surface area contributed by atoms with Crippen LogP contribution in [-0.2, 0) is 18.9 Å². The van der Waals surface area contributed by atoms with Gasteiger partial charge in [-0.3, -0.25) is 0 Å². The Morgan fingerprint density at radius 1 is 1.10 bits per heavy atom. The molecule has 0 aromatic rings. The lowest BCUT2D eigenvalue weighted by Gasteiger charge is -2.35. The highest BCUT2D eigenvalue weighted by Gasteiger charge is 2.43. The van der Waals surface area contributed by atoms with Gasteiger partial charge in [0.05, 0.1) is 19.8 Å². The molecule has 1 atom stereocenters. The van der Waals surface area contributed by atoms with Crippen LogP contribution in [0, 0.1) is 11.8 Å². The smallest absolute Gasteiger partial charge is 0.410 e. The lowest BCUT2D eigenvalue weighted by Crippen LogP contribution is -2.45. The quantitative estimate of drug-likeness (QED) is 0.693. The number of hydrogen-bond acceptors (Lipinski definition) is 6. The lowest BCUT2D eigenvalue weighted by atomic mass is 9.83. The van der Waals surface area contributed by atoms with Crippen molar-refractivity contribution in [2.24, 2.45) is 11.8 Å². The van der Waals surface area contributed by atoms with Gasteiger partial charge < -0.3 is 29.2 Å². The summed E-state index contributed by atoms with van der Waals surface area (Å²) in [5, 5.41) is 2.87. The number of rotatable bonds is 5. The normalized spacial score (nSPS) is 25.6. The zero-order valence-corrected chi connectivity index (χ0v) is 19.8. The monoisotopic (exact) mass is 440 g/mol. The topological polar surface area (TPSA) is 86.3 Å². The Morgan fingerprint density at radius 2 is 1.74 bits per heavy atom. The van der Waals surface area contributed by atoms with Gasteiger partial charge in [0.15, 0.2) is 5.79 Å². The third-order valence-corrected chi connectivity index (χ3v) is 6.55. The lowest BCUT2D eigenvalue weighted by molar-refractivity contribution is -0.183. The van der Waals surface area contributed by atoms with Crippen LogP contribution in [0.25, 0.3) is 0 Å². The number of hydrogen-bond donors (Lipinski definition) is 1. The van der Waals surface area contributed by atoms with E-state index >= 15 is 0 Å². The SMILES string of the molecule is CC(C)(C)OC(=O)N1CC(CNC(=O)OCCC2CCC3(CC2)OCCO3)CC1(C)C. The highest BCUT2D eigenvalue weighted by atomic mass is 16.7. The molecule has 2 saturated heterocycles. The van der Waals surface area contributed by atoms with Gasteiger partial charge in [-0.15, -0.1) is 0 Å². The van der Waals surface area contributed by atoms with E-state index in [-0.39, 0.29) is 29.4 Å². The molecule has 31 heavy (non-hydrogen) atoms. The average Bonchev–Trinajstić information content (AvgIpc) is 3.24. The first kappa shape index (κ1) is 24.1. The van der Waals surface area contributed by atoms with Crippen molar-refractivity contribution in [2.45, 2.75) is 90.1 Å². The Balaban J connectivity index is 1.32. The first-order chi connectivity index (χ1) is 14.5. The van der Waals surface area contributed by atoms with Crippen molar-refractivity contribution in [2.75, 3.05) is 32.9 Å². The fraction of sp³-hybridized carbons (Fsp3) is 0.913. The van der Waals surface area contributed by atoms with E-state index in [1.165, 1.54) is 0 Å². The van der Waals surface area contributed by atoms with E-state index in [4.69, 9.17) is 18.9 Å². The molecule has 3 fully saturated rings. The summed E-state index contributed by atoms with van der Waals surface area (Å²) in [5.74, 6) is 0.386. The van der Waals surface area contributed by atoms with Gasteiger partial charge in [0.1, 0.15) is 5.60 Å². The highest BCUT2D eigenvalue weighted by Crippen LogP contribution is 2.39. The van der Waals surface area contributed by atoms with Crippen LogP contribution in [0.4, 0.5) is 9.59 Å². The largest absolute Gasteiger partial charge is 0.450 e. The third kappa shape index (κ3) is 6.72. The molecule has 8 heteroatoms. The molecule has 0 aromatic heterocycles. The number of likely N-dealkylation sites (tertiary alicyclic amines) is 1. The second kappa shape index (κ2) is 9.53. The average molecular weight is 441 g/mol. The molecule has 2 amide bonds. The van der Waals surface area contributed by atoms with Gasteiger partial charge in [-0.2, -0.15) is 0 Å². The summed E-state index contributed by atoms with van der Waals surface area (Å²) in [6.45, 7) is 12.5. The van der Waals surface area contributed by atoms with Crippen molar-refractivity contribution in [1.29, 1.82) is 0 Å². The second-order valence-corrected chi connectivity index (χ2v) is 10.8. The van der Waals surface area contributed by atoms with Gasteiger partial charge in [-0.1, -0.05) is 0 Å². The van der Waals surface area contributed by atoms with E-state index in [2.05, 4.69) is 5.32 Å². The summed E-state index contributed by atoms with van der Waals surface area (Å²) in [6.07, 6.45) is 4.93. The Labute approximate surface area is 186 Å². The number of carbonyl (C=O) groups is 2. The van der Waals surface area contributed by atoms with E-state index < -0.39 is 5.60 Å². The summed E-state index contributed by atoms with van der Waals surface area (Å²) in [6, 6.07) is 0. The molecule has 1 unspecified atom stereocenters. The summed E-state index contributed by atoms with van der Waals surface area (Å²) in [5.41, 5.74) is -0.826. The molecule has 1 N–H and O–H groups in total. The number of ether oxygens (including phenoxy) is 4. The molecule has 0 aromatic carbocycles. The van der Waals surface area contributed by atoms with Crippen molar-refractivity contribution in [3.8, 4) is 0 Å². The van der Waals surface area contributed by atoms with Crippen LogP contribution < -0.4 is 5.32 Å². The minimum Gasteiger partial charge on any atom is -0.450 e. The molecular weight excluding hydrogens is 400 g/mol. The first-order valence-corrected chi connectivity index (χ1v) is 11.7. The van der Waals surface area contributed by atoms with Crippen molar-refractivity contribution >= 4 is 12.2 Å². The van der Waals surface area contributed by atoms with E-state index in [0.717, 1.165) is 38.5 Å². The molecule has 2 aliphatic heterocycles. The predicted octanol–water partition coefficient (Wildman–Crippen LogP) is 4.07. The van der Waals surface area contributed by atoms with Gasteiger partial charge in [0, 0.05) is 31.5 Å². The van der Waals surface area contributed by atoms with E-state index in [9.17, 15) is 9.59 Å². The maximum Gasteiger partial charge on any atom is 0.410 e. The number of nitrogens with one attached hydrogen (secondary N) is 1. The van der Waals surface area contributed by atoms with E-state index in [0.29, 0.717) is 38.8 Å². The number of amides is 2. The molecule has 2 heterocycles. The molecule has 1 saturated carbocycles. The Morgan fingerprint density at radius 3 is 2.35 bits per heavy atom. The minimum atomic E-state index is -0.524. The predicted molar refractivity (Wildman–Crippen MR) is 116 cm³/mol. The molecular formula is C23H40N2O6. The van der Waals surface area contributed by atoms with E-state index in [1.54, 1.807) is 4.90 Å². The summed E-state index contributed by atoms with van der Waals surface area (Å²) < 4.78 is 22.5. The van der Waals surface area contributed by atoms with Gasteiger partial charge in [0.2, 0.25) is 0 Å². The van der Waals surface area contributed by atoms with Crippen LogP contribution in [0.3, 0.4) is 0 Å². The third-order valence-electron chi connectivity index (χ3n) is 6.55. The van der Waals surface area contributed by atoms with Crippen LogP contribution in [-0.4, -0.2) is 66.9 Å². The molecule has 1 spiro atoms. The standard InChI is InChI=1S/C23H40N2O6/c1-21(2,3)31-20(27)25-16-18(14-22(25,4)5)15-24-19(26)28-11-8-17-6-9-23(10-7-17)29-12-13-30-23/h17-18H,6-16H2,1-5H3,(H,24,26). The van der Waals surface area contributed by atoms with Crippen LogP contribution in [0.2, 0.25) is 0 Å². The Kier molecular flexibility index (Phi) is 7.41. The van der Waals surface area contributed by atoms with Gasteiger partial charge in [-0.05, 0) is 72.1 Å². The molecule has 1 aliphatic carbocycles. The number of alkyl carbamates (subject to hydrolysis) is 1. The molecule has 0 radical (unpaired) electrons. The highest BCUT2D eigenvalue weighted by molar-refractivity contribution is 5.70.